The van der Waals surface area contributed by atoms with Gasteiger partial charge in [-0.3, -0.25) is 4.90 Å². The number of hydrogen-bond acceptors (Lipinski definition) is 3. The minimum absolute atomic E-state index is 0.0395. The molecule has 2 atom stereocenters. The van der Waals surface area contributed by atoms with Crippen molar-refractivity contribution in [1.82, 2.24) is 4.90 Å². The van der Waals surface area contributed by atoms with Crippen molar-refractivity contribution in [2.45, 2.75) is 58.7 Å². The fourth-order valence-electron chi connectivity index (χ4n) is 3.70. The van der Waals surface area contributed by atoms with Crippen molar-refractivity contribution < 1.29 is 14.3 Å². The van der Waals surface area contributed by atoms with Crippen molar-refractivity contribution in [3.05, 3.63) is 41.0 Å². The Morgan fingerprint density at radius 3 is 2.46 bits per heavy atom. The standard InChI is InChI=1S/C20H27NO3/c1-13-7-6-8-14(2)18(13)15-9-16-11-23-12-17(10-15)21(16)19(22)24-20(3,4)5/h6-9,16-17H,10-12H2,1-5H3. The summed E-state index contributed by atoms with van der Waals surface area (Å²) in [5.41, 5.74) is 4.72. The van der Waals surface area contributed by atoms with Crippen LogP contribution in [-0.4, -0.2) is 41.9 Å². The third-order valence-corrected chi connectivity index (χ3v) is 4.61. The quantitative estimate of drug-likeness (QED) is 0.779. The zero-order valence-corrected chi connectivity index (χ0v) is 15.3. The molecular weight excluding hydrogens is 302 g/mol. The molecule has 0 N–H and O–H groups in total. The first-order valence-corrected chi connectivity index (χ1v) is 8.62. The Bertz CT molecular complexity index is 652. The number of hydrogen-bond donors (Lipinski definition) is 0. The second-order valence-electron chi connectivity index (χ2n) is 7.81. The molecule has 2 unspecified atom stereocenters. The zero-order chi connectivity index (χ0) is 17.5. The predicted octanol–water partition coefficient (Wildman–Crippen LogP) is 4.10. The molecule has 2 bridgehead atoms. The Hall–Kier alpha value is -1.81. The van der Waals surface area contributed by atoms with Crippen LogP contribution in [-0.2, 0) is 9.47 Å². The van der Waals surface area contributed by atoms with Gasteiger partial charge in [0.15, 0.2) is 0 Å². The van der Waals surface area contributed by atoms with Crippen molar-refractivity contribution in [3.8, 4) is 0 Å². The molecule has 2 aliphatic heterocycles. The third-order valence-electron chi connectivity index (χ3n) is 4.61. The normalized spacial score (nSPS) is 23.7. The van der Waals surface area contributed by atoms with Gasteiger partial charge in [0.25, 0.3) is 0 Å². The topological polar surface area (TPSA) is 38.8 Å². The summed E-state index contributed by atoms with van der Waals surface area (Å²) in [6, 6.07) is 6.37. The number of carbonyl (C=O) groups excluding carboxylic acids is 1. The summed E-state index contributed by atoms with van der Waals surface area (Å²) >= 11 is 0. The molecule has 1 fully saturated rings. The van der Waals surface area contributed by atoms with Crippen LogP contribution in [0.15, 0.2) is 24.3 Å². The van der Waals surface area contributed by atoms with E-state index in [1.54, 1.807) is 0 Å². The number of ether oxygens (including phenoxy) is 2. The molecule has 0 saturated carbocycles. The van der Waals surface area contributed by atoms with Crippen molar-refractivity contribution >= 4 is 11.7 Å². The van der Waals surface area contributed by atoms with Crippen LogP contribution in [0.4, 0.5) is 4.79 Å². The Labute approximate surface area is 144 Å². The molecule has 0 spiro atoms. The van der Waals surface area contributed by atoms with E-state index in [0.29, 0.717) is 13.2 Å². The minimum atomic E-state index is -0.483. The Kier molecular flexibility index (Phi) is 4.43. The van der Waals surface area contributed by atoms with Gasteiger partial charge in [0.1, 0.15) is 5.60 Å². The van der Waals surface area contributed by atoms with Gasteiger partial charge in [-0.25, -0.2) is 4.79 Å². The summed E-state index contributed by atoms with van der Waals surface area (Å²) in [7, 11) is 0. The van der Waals surface area contributed by atoms with Gasteiger partial charge in [-0.2, -0.15) is 0 Å². The van der Waals surface area contributed by atoms with Crippen LogP contribution in [0, 0.1) is 13.8 Å². The minimum Gasteiger partial charge on any atom is -0.444 e. The molecule has 2 aliphatic rings. The molecule has 4 heteroatoms. The van der Waals surface area contributed by atoms with E-state index in [1.807, 2.05) is 25.7 Å². The average molecular weight is 329 g/mol. The highest BCUT2D eigenvalue weighted by Crippen LogP contribution is 2.35. The molecule has 0 aliphatic carbocycles. The van der Waals surface area contributed by atoms with Crippen molar-refractivity contribution in [1.29, 1.82) is 0 Å². The van der Waals surface area contributed by atoms with Gasteiger partial charge in [-0.1, -0.05) is 24.3 Å². The summed E-state index contributed by atoms with van der Waals surface area (Å²) in [4.78, 5) is 14.5. The predicted molar refractivity (Wildman–Crippen MR) is 95.0 cm³/mol. The van der Waals surface area contributed by atoms with Crippen molar-refractivity contribution in [2.24, 2.45) is 0 Å². The van der Waals surface area contributed by atoms with Crippen molar-refractivity contribution in [2.75, 3.05) is 13.2 Å². The first kappa shape index (κ1) is 17.0. The van der Waals surface area contributed by atoms with E-state index < -0.39 is 5.60 Å². The van der Waals surface area contributed by atoms with E-state index in [0.717, 1.165) is 6.42 Å². The lowest BCUT2D eigenvalue weighted by Gasteiger charge is -2.45. The number of morpholine rings is 1. The number of fused-ring (bicyclic) bond motifs is 2. The maximum absolute atomic E-state index is 12.6. The second-order valence-corrected chi connectivity index (χ2v) is 7.81. The maximum Gasteiger partial charge on any atom is 0.411 e. The lowest BCUT2D eigenvalue weighted by Crippen LogP contribution is -2.57. The lowest BCUT2D eigenvalue weighted by atomic mass is 9.86. The van der Waals surface area contributed by atoms with Crippen LogP contribution >= 0.6 is 0 Å². The SMILES string of the molecule is Cc1cccc(C)c1C1=CC2COCC(C1)N2C(=O)OC(C)(C)C. The van der Waals surface area contributed by atoms with Gasteiger partial charge in [0.2, 0.25) is 0 Å². The van der Waals surface area contributed by atoms with Gasteiger partial charge in [0, 0.05) is 0 Å². The van der Waals surface area contributed by atoms with E-state index in [1.165, 1.54) is 22.3 Å². The number of nitrogens with zero attached hydrogens (tertiary/aromatic N) is 1. The molecule has 1 saturated heterocycles. The lowest BCUT2D eigenvalue weighted by molar-refractivity contribution is -0.0510. The van der Waals surface area contributed by atoms with Gasteiger partial charge in [-0.15, -0.1) is 0 Å². The van der Waals surface area contributed by atoms with Gasteiger partial charge >= 0.3 is 6.09 Å². The number of amides is 1. The zero-order valence-electron chi connectivity index (χ0n) is 15.3. The smallest absolute Gasteiger partial charge is 0.411 e. The molecule has 130 valence electrons. The highest BCUT2D eigenvalue weighted by atomic mass is 16.6. The number of rotatable bonds is 1. The molecule has 24 heavy (non-hydrogen) atoms. The van der Waals surface area contributed by atoms with Crippen LogP contribution < -0.4 is 0 Å². The maximum atomic E-state index is 12.6. The van der Waals surface area contributed by atoms with Gasteiger partial charge in [0.05, 0.1) is 25.3 Å². The number of benzene rings is 1. The molecule has 3 rings (SSSR count). The first-order valence-electron chi connectivity index (χ1n) is 8.62. The van der Waals surface area contributed by atoms with E-state index >= 15 is 0 Å². The Balaban J connectivity index is 1.92. The van der Waals surface area contributed by atoms with Gasteiger partial charge in [-0.05, 0) is 63.3 Å². The molecule has 1 aromatic carbocycles. The van der Waals surface area contributed by atoms with Crippen molar-refractivity contribution in [3.63, 3.8) is 0 Å². The molecular formula is C20H27NO3. The van der Waals surface area contributed by atoms with Crippen LogP contribution in [0.25, 0.3) is 5.57 Å². The molecule has 4 nitrogen and oxygen atoms in total. The van der Waals surface area contributed by atoms with Crippen LogP contribution in [0.1, 0.15) is 43.9 Å². The van der Waals surface area contributed by atoms with E-state index in [-0.39, 0.29) is 18.2 Å². The summed E-state index contributed by atoms with van der Waals surface area (Å²) in [5.74, 6) is 0. The molecule has 2 heterocycles. The largest absolute Gasteiger partial charge is 0.444 e. The van der Waals surface area contributed by atoms with Crippen LogP contribution in [0.3, 0.4) is 0 Å². The summed E-state index contributed by atoms with van der Waals surface area (Å²) in [6.07, 6.45) is 2.76. The summed E-state index contributed by atoms with van der Waals surface area (Å²) < 4.78 is 11.3. The second kappa shape index (κ2) is 6.25. The summed E-state index contributed by atoms with van der Waals surface area (Å²) in [5, 5.41) is 0. The number of aryl methyl sites for hydroxylation is 2. The van der Waals surface area contributed by atoms with Crippen LogP contribution in [0.2, 0.25) is 0 Å². The van der Waals surface area contributed by atoms with E-state index in [4.69, 9.17) is 9.47 Å². The molecule has 0 aromatic heterocycles. The number of carbonyl (C=O) groups is 1. The fraction of sp³-hybridized carbons (Fsp3) is 0.550. The Morgan fingerprint density at radius 1 is 1.21 bits per heavy atom. The first-order chi connectivity index (χ1) is 11.3. The molecule has 1 amide bonds. The average Bonchev–Trinajstić information content (AvgIpc) is 2.44. The van der Waals surface area contributed by atoms with E-state index in [2.05, 4.69) is 38.1 Å². The third kappa shape index (κ3) is 3.34. The highest BCUT2D eigenvalue weighted by molar-refractivity contribution is 5.77. The highest BCUT2D eigenvalue weighted by Gasteiger charge is 2.40. The van der Waals surface area contributed by atoms with E-state index in [9.17, 15) is 4.79 Å². The Morgan fingerprint density at radius 2 is 1.88 bits per heavy atom. The molecule has 1 aromatic rings. The fourth-order valence-corrected chi connectivity index (χ4v) is 3.70. The van der Waals surface area contributed by atoms with Crippen LogP contribution in [0.5, 0.6) is 0 Å². The summed E-state index contributed by atoms with van der Waals surface area (Å²) in [6.45, 7) is 11.1. The monoisotopic (exact) mass is 329 g/mol. The molecule has 0 radical (unpaired) electrons. The van der Waals surface area contributed by atoms with Gasteiger partial charge < -0.3 is 9.47 Å².